The average Bonchev–Trinajstić information content (AvgIpc) is 3.20. The van der Waals surface area contributed by atoms with E-state index in [0.717, 1.165) is 31.5 Å². The zero-order chi connectivity index (χ0) is 20.4. The molecule has 0 unspecified atom stereocenters. The number of hydrogen-bond donors (Lipinski definition) is 3. The van der Waals surface area contributed by atoms with Gasteiger partial charge in [-0.2, -0.15) is 0 Å². The van der Waals surface area contributed by atoms with Crippen LogP contribution in [-0.4, -0.2) is 52.4 Å². The Bertz CT molecular complexity index is 887. The second-order valence-corrected chi connectivity index (χ2v) is 7.91. The lowest BCUT2D eigenvalue weighted by molar-refractivity contribution is -0.137. The number of imidazole rings is 1. The highest BCUT2D eigenvalue weighted by Crippen LogP contribution is 2.35. The number of benzene rings is 1. The van der Waals surface area contributed by atoms with Gasteiger partial charge in [0, 0.05) is 31.7 Å². The predicted octanol–water partition coefficient (Wildman–Crippen LogP) is 1.26. The first-order valence-corrected chi connectivity index (χ1v) is 10.1. The third-order valence-electron chi connectivity index (χ3n) is 5.96. The number of hydrogen-bond acceptors (Lipinski definition) is 4. The number of aromatic amines is 1. The van der Waals surface area contributed by atoms with Crippen molar-refractivity contribution in [2.45, 2.75) is 44.2 Å². The van der Waals surface area contributed by atoms with Crippen LogP contribution in [0.5, 0.6) is 0 Å². The van der Waals surface area contributed by atoms with Crippen molar-refractivity contribution in [1.29, 1.82) is 0 Å². The van der Waals surface area contributed by atoms with E-state index < -0.39 is 6.04 Å². The Balaban J connectivity index is 1.31. The van der Waals surface area contributed by atoms with E-state index >= 15 is 0 Å². The molecule has 1 aromatic heterocycles. The molecular formula is C21H26FN5O2. The van der Waals surface area contributed by atoms with E-state index in [4.69, 9.17) is 0 Å². The number of H-pyrrole nitrogens is 1. The van der Waals surface area contributed by atoms with Crippen LogP contribution >= 0.6 is 0 Å². The van der Waals surface area contributed by atoms with Crippen LogP contribution in [0.25, 0.3) is 0 Å². The van der Waals surface area contributed by atoms with Crippen molar-refractivity contribution < 1.29 is 14.0 Å². The van der Waals surface area contributed by atoms with Gasteiger partial charge in [-0.15, -0.1) is 0 Å². The smallest absolute Gasteiger partial charge is 0.244 e. The second-order valence-electron chi connectivity index (χ2n) is 7.91. The molecule has 0 aliphatic carbocycles. The number of likely N-dealkylation sites (tertiary alicyclic amines) is 1. The second kappa shape index (κ2) is 7.94. The molecule has 1 spiro atoms. The lowest BCUT2D eigenvalue weighted by Crippen LogP contribution is -2.57. The quantitative estimate of drug-likeness (QED) is 0.722. The van der Waals surface area contributed by atoms with E-state index in [9.17, 15) is 14.0 Å². The Morgan fingerprint density at radius 3 is 2.72 bits per heavy atom. The number of fused-ring (bicyclic) bond motifs is 2. The Morgan fingerprint density at radius 2 is 2.00 bits per heavy atom. The fraction of sp³-hybridized carbons (Fsp3) is 0.476. The van der Waals surface area contributed by atoms with Gasteiger partial charge in [0.25, 0.3) is 0 Å². The molecule has 3 N–H and O–H groups in total. The lowest BCUT2D eigenvalue weighted by atomic mass is 9.80. The summed E-state index contributed by atoms with van der Waals surface area (Å²) in [7, 11) is 0. The van der Waals surface area contributed by atoms with Crippen molar-refractivity contribution in [3.05, 3.63) is 53.4 Å². The molecule has 2 aromatic rings. The van der Waals surface area contributed by atoms with Gasteiger partial charge in [0.15, 0.2) is 0 Å². The van der Waals surface area contributed by atoms with E-state index in [0.29, 0.717) is 18.7 Å². The fourth-order valence-corrected chi connectivity index (χ4v) is 4.37. The van der Waals surface area contributed by atoms with E-state index in [-0.39, 0.29) is 29.6 Å². The zero-order valence-electron chi connectivity index (χ0n) is 16.5. The van der Waals surface area contributed by atoms with E-state index in [2.05, 4.69) is 20.6 Å². The minimum Gasteiger partial charge on any atom is -0.348 e. The number of nitrogens with one attached hydrogen (secondary N) is 3. The molecule has 1 fully saturated rings. The molecule has 7 nitrogen and oxygen atoms in total. The summed E-state index contributed by atoms with van der Waals surface area (Å²) in [6.45, 7) is 3.85. The van der Waals surface area contributed by atoms with Gasteiger partial charge < -0.3 is 20.5 Å². The summed E-state index contributed by atoms with van der Waals surface area (Å²) in [6, 6.07) is 5.20. The van der Waals surface area contributed by atoms with Crippen LogP contribution in [0.3, 0.4) is 0 Å². The van der Waals surface area contributed by atoms with Gasteiger partial charge in [-0.1, -0.05) is 12.1 Å². The third kappa shape index (κ3) is 4.03. The van der Waals surface area contributed by atoms with Gasteiger partial charge in [-0.3, -0.25) is 9.59 Å². The molecule has 3 heterocycles. The van der Waals surface area contributed by atoms with Crippen molar-refractivity contribution in [3.8, 4) is 0 Å². The molecule has 2 amide bonds. The largest absolute Gasteiger partial charge is 0.348 e. The maximum atomic E-state index is 13.0. The number of carbonyl (C=O) groups excluding carboxylic acids is 2. The number of carbonyl (C=O) groups is 2. The monoisotopic (exact) mass is 399 g/mol. The van der Waals surface area contributed by atoms with Crippen LogP contribution in [-0.2, 0) is 28.0 Å². The number of amides is 2. The maximum absolute atomic E-state index is 13.0. The van der Waals surface area contributed by atoms with Crippen LogP contribution in [0.4, 0.5) is 4.39 Å². The molecule has 4 rings (SSSR count). The van der Waals surface area contributed by atoms with Crippen molar-refractivity contribution in [2.24, 2.45) is 0 Å². The third-order valence-corrected chi connectivity index (χ3v) is 5.96. The highest BCUT2D eigenvalue weighted by Gasteiger charge is 2.42. The van der Waals surface area contributed by atoms with Gasteiger partial charge >= 0.3 is 0 Å². The molecule has 2 aliphatic heterocycles. The Morgan fingerprint density at radius 1 is 1.28 bits per heavy atom. The Labute approximate surface area is 169 Å². The summed E-state index contributed by atoms with van der Waals surface area (Å²) in [5, 5.41) is 6.38. The Kier molecular flexibility index (Phi) is 5.36. The summed E-state index contributed by atoms with van der Waals surface area (Å²) in [5.74, 6) is -0.665. The molecule has 1 atom stereocenters. The summed E-state index contributed by atoms with van der Waals surface area (Å²) in [5.41, 5.74) is 2.81. The van der Waals surface area contributed by atoms with Crippen LogP contribution in [0.15, 0.2) is 30.6 Å². The van der Waals surface area contributed by atoms with Crippen LogP contribution in [0.1, 0.15) is 36.7 Å². The average molecular weight is 399 g/mol. The van der Waals surface area contributed by atoms with Gasteiger partial charge in [0.2, 0.25) is 11.8 Å². The normalized spacial score (nSPS) is 18.9. The number of rotatable bonds is 4. The molecule has 0 saturated carbocycles. The number of halogens is 1. The Hall–Kier alpha value is -2.74. The number of piperidine rings is 1. The molecule has 1 saturated heterocycles. The molecule has 154 valence electrons. The highest BCUT2D eigenvalue weighted by molar-refractivity contribution is 5.88. The van der Waals surface area contributed by atoms with Gasteiger partial charge in [-0.05, 0) is 37.5 Å². The number of aromatic nitrogens is 2. The maximum Gasteiger partial charge on any atom is 0.244 e. The molecule has 0 radical (unpaired) electrons. The standard InChI is InChI=1S/C21H26FN5O2/c1-14(26-18(28)12-15-2-4-16(22)5-3-15)20(29)27-10-7-21(8-11-27)19-17(6-9-25-21)23-13-24-19/h2-5,13-14,25H,6-12H2,1H3,(H,23,24)(H,26,28)/t14-/m1/s1. The summed E-state index contributed by atoms with van der Waals surface area (Å²) in [4.78, 5) is 34.6. The first kappa shape index (κ1) is 19.6. The van der Waals surface area contributed by atoms with Crippen LogP contribution in [0, 0.1) is 5.82 Å². The molecule has 1 aromatic carbocycles. The molecule has 8 heteroatoms. The summed E-state index contributed by atoms with van der Waals surface area (Å²) < 4.78 is 13.0. The molecule has 2 aliphatic rings. The van der Waals surface area contributed by atoms with E-state index in [1.54, 1.807) is 25.4 Å². The minimum atomic E-state index is -0.600. The SMILES string of the molecule is C[C@@H](NC(=O)Cc1ccc(F)cc1)C(=O)N1CCC2(CC1)NCCc1[nH]cnc12. The van der Waals surface area contributed by atoms with Gasteiger partial charge in [0.1, 0.15) is 11.9 Å². The lowest BCUT2D eigenvalue weighted by Gasteiger charge is -2.44. The zero-order valence-corrected chi connectivity index (χ0v) is 16.5. The summed E-state index contributed by atoms with van der Waals surface area (Å²) >= 11 is 0. The van der Waals surface area contributed by atoms with Gasteiger partial charge in [0.05, 0.1) is 24.0 Å². The van der Waals surface area contributed by atoms with Crippen molar-refractivity contribution >= 4 is 11.8 Å². The molecular weight excluding hydrogens is 373 g/mol. The minimum absolute atomic E-state index is 0.0784. The predicted molar refractivity (Wildman–Crippen MR) is 105 cm³/mol. The van der Waals surface area contributed by atoms with Crippen LogP contribution < -0.4 is 10.6 Å². The van der Waals surface area contributed by atoms with E-state index in [1.807, 2.05) is 4.90 Å². The first-order chi connectivity index (χ1) is 14.0. The molecule has 29 heavy (non-hydrogen) atoms. The molecule has 0 bridgehead atoms. The van der Waals surface area contributed by atoms with E-state index in [1.165, 1.54) is 17.8 Å². The van der Waals surface area contributed by atoms with Gasteiger partial charge in [-0.25, -0.2) is 9.37 Å². The highest BCUT2D eigenvalue weighted by atomic mass is 19.1. The topological polar surface area (TPSA) is 90.1 Å². The van der Waals surface area contributed by atoms with Crippen molar-refractivity contribution in [1.82, 2.24) is 25.5 Å². The van der Waals surface area contributed by atoms with Crippen molar-refractivity contribution in [3.63, 3.8) is 0 Å². The van der Waals surface area contributed by atoms with Crippen molar-refractivity contribution in [2.75, 3.05) is 19.6 Å². The first-order valence-electron chi connectivity index (χ1n) is 10.1. The summed E-state index contributed by atoms with van der Waals surface area (Å²) in [6.07, 6.45) is 4.40. The fourth-order valence-electron chi connectivity index (χ4n) is 4.37. The van der Waals surface area contributed by atoms with Crippen LogP contribution in [0.2, 0.25) is 0 Å². The number of nitrogens with zero attached hydrogens (tertiary/aromatic N) is 2.